The van der Waals surface area contributed by atoms with Crippen LogP contribution in [0.1, 0.15) is 16.8 Å². The summed E-state index contributed by atoms with van der Waals surface area (Å²) in [5, 5.41) is 0. The van der Waals surface area contributed by atoms with Gasteiger partial charge in [-0.1, -0.05) is 0 Å². The number of alkyl halides is 6. The molecule has 1 heterocycles. The average Bonchev–Trinajstić information content (AvgIpc) is 2.58. The molecule has 4 nitrogen and oxygen atoms in total. The fourth-order valence-electron chi connectivity index (χ4n) is 1.91. The van der Waals surface area contributed by atoms with E-state index in [1.165, 1.54) is 12.1 Å². The Morgan fingerprint density at radius 1 is 1.04 bits per heavy atom. The highest BCUT2D eigenvalue weighted by molar-refractivity contribution is 5.86. The number of hydrogen-bond acceptors (Lipinski definition) is 4. The minimum absolute atomic E-state index is 0.0184. The van der Waals surface area contributed by atoms with Crippen molar-refractivity contribution in [3.05, 3.63) is 53.4 Å². The van der Waals surface area contributed by atoms with Crippen molar-refractivity contribution < 1.29 is 35.9 Å². The quantitative estimate of drug-likeness (QED) is 0.454. The van der Waals surface area contributed by atoms with Gasteiger partial charge in [0.05, 0.1) is 23.9 Å². The number of esters is 1. The van der Waals surface area contributed by atoms with Gasteiger partial charge in [-0.3, -0.25) is 0 Å². The van der Waals surface area contributed by atoms with E-state index >= 15 is 0 Å². The van der Waals surface area contributed by atoms with E-state index in [1.807, 2.05) is 0 Å². The molecule has 0 atom stereocenters. The molecular weight excluding hydrogens is 366 g/mol. The van der Waals surface area contributed by atoms with Crippen molar-refractivity contribution >= 4 is 12.0 Å². The smallest absolute Gasteiger partial charge is 0.416 e. The molecule has 26 heavy (non-hydrogen) atoms. The van der Waals surface area contributed by atoms with Crippen LogP contribution in [0.2, 0.25) is 0 Å². The SMILES string of the molecule is COC(=O)/C=C\c1ccnc(-c2cc(C(F)(F)F)cc(C(F)(F)F)c2)n1. The lowest BCUT2D eigenvalue weighted by atomic mass is 10.0. The van der Waals surface area contributed by atoms with E-state index in [1.54, 1.807) is 0 Å². The van der Waals surface area contributed by atoms with Gasteiger partial charge in [0, 0.05) is 17.8 Å². The first kappa shape index (κ1) is 19.4. The van der Waals surface area contributed by atoms with Crippen molar-refractivity contribution in [2.75, 3.05) is 7.11 Å². The van der Waals surface area contributed by atoms with Gasteiger partial charge in [0.25, 0.3) is 0 Å². The summed E-state index contributed by atoms with van der Waals surface area (Å²) >= 11 is 0. The number of hydrogen-bond donors (Lipinski definition) is 0. The number of carbonyl (C=O) groups excluding carboxylic acids is 1. The average molecular weight is 376 g/mol. The molecule has 0 N–H and O–H groups in total. The zero-order valence-corrected chi connectivity index (χ0v) is 13.0. The van der Waals surface area contributed by atoms with Crippen LogP contribution in [0, 0.1) is 0 Å². The number of aromatic nitrogens is 2. The zero-order chi connectivity index (χ0) is 19.5. The van der Waals surface area contributed by atoms with Crippen molar-refractivity contribution in [2.45, 2.75) is 12.4 Å². The Morgan fingerprint density at radius 2 is 1.62 bits per heavy atom. The molecule has 0 aliphatic carbocycles. The first-order valence-electron chi connectivity index (χ1n) is 6.89. The summed E-state index contributed by atoms with van der Waals surface area (Å²) in [4.78, 5) is 18.6. The van der Waals surface area contributed by atoms with Crippen molar-refractivity contribution in [2.24, 2.45) is 0 Å². The van der Waals surface area contributed by atoms with Crippen LogP contribution in [0.5, 0.6) is 0 Å². The van der Waals surface area contributed by atoms with Gasteiger partial charge in [-0.2, -0.15) is 26.3 Å². The van der Waals surface area contributed by atoms with Gasteiger partial charge in [-0.25, -0.2) is 14.8 Å². The first-order chi connectivity index (χ1) is 12.0. The Balaban J connectivity index is 2.54. The summed E-state index contributed by atoms with van der Waals surface area (Å²) in [6.45, 7) is 0. The Bertz CT molecular complexity index is 811. The van der Waals surface area contributed by atoms with Crippen LogP contribution in [-0.2, 0) is 21.9 Å². The summed E-state index contributed by atoms with van der Waals surface area (Å²) in [6.07, 6.45) is -6.61. The monoisotopic (exact) mass is 376 g/mol. The summed E-state index contributed by atoms with van der Waals surface area (Å²) < 4.78 is 81.8. The Morgan fingerprint density at radius 3 is 2.12 bits per heavy atom. The van der Waals surface area contributed by atoms with Gasteiger partial charge in [0.1, 0.15) is 0 Å². The number of rotatable bonds is 3. The largest absolute Gasteiger partial charge is 0.466 e. The van der Waals surface area contributed by atoms with E-state index in [4.69, 9.17) is 0 Å². The summed E-state index contributed by atoms with van der Waals surface area (Å²) in [6, 6.07) is 2.39. The predicted molar refractivity (Wildman–Crippen MR) is 78.5 cm³/mol. The van der Waals surface area contributed by atoms with Gasteiger partial charge in [0.15, 0.2) is 5.82 Å². The molecular formula is C16H10F6N2O2. The highest BCUT2D eigenvalue weighted by Crippen LogP contribution is 2.38. The molecule has 0 amide bonds. The number of halogens is 6. The second-order valence-corrected chi connectivity index (χ2v) is 4.96. The highest BCUT2D eigenvalue weighted by atomic mass is 19.4. The fourth-order valence-corrected chi connectivity index (χ4v) is 1.91. The van der Waals surface area contributed by atoms with Crippen molar-refractivity contribution in [3.63, 3.8) is 0 Å². The van der Waals surface area contributed by atoms with Crippen LogP contribution in [0.15, 0.2) is 36.5 Å². The van der Waals surface area contributed by atoms with Crippen molar-refractivity contribution in [3.8, 4) is 11.4 Å². The minimum Gasteiger partial charge on any atom is -0.466 e. The molecule has 1 aromatic heterocycles. The normalized spacial score (nSPS) is 12.4. The Kier molecular flexibility index (Phi) is 5.33. The third-order valence-corrected chi connectivity index (χ3v) is 3.11. The molecule has 0 bridgehead atoms. The van der Waals surface area contributed by atoms with E-state index < -0.39 is 35.0 Å². The molecule has 0 unspecified atom stereocenters. The molecule has 0 radical (unpaired) electrons. The minimum atomic E-state index is -4.97. The van der Waals surface area contributed by atoms with Crippen LogP contribution in [0.4, 0.5) is 26.3 Å². The molecule has 2 aromatic rings. The van der Waals surface area contributed by atoms with Crippen LogP contribution in [-0.4, -0.2) is 23.0 Å². The lowest BCUT2D eigenvalue weighted by molar-refractivity contribution is -0.143. The van der Waals surface area contributed by atoms with E-state index in [0.717, 1.165) is 19.4 Å². The number of methoxy groups -OCH3 is 1. The molecule has 10 heteroatoms. The molecule has 0 aliphatic heterocycles. The molecule has 1 aromatic carbocycles. The van der Waals surface area contributed by atoms with Gasteiger partial charge in [-0.05, 0) is 30.3 Å². The number of carbonyl (C=O) groups is 1. The molecule has 0 saturated heterocycles. The van der Waals surface area contributed by atoms with Crippen LogP contribution in [0.3, 0.4) is 0 Å². The van der Waals surface area contributed by atoms with E-state index in [-0.39, 0.29) is 17.6 Å². The maximum atomic E-state index is 12.9. The molecule has 0 spiro atoms. The highest BCUT2D eigenvalue weighted by Gasteiger charge is 2.37. The Labute approximate surface area is 143 Å². The topological polar surface area (TPSA) is 52.1 Å². The molecule has 2 rings (SSSR count). The standard InChI is InChI=1S/C16H10F6N2O2/c1-26-13(25)3-2-12-4-5-23-14(24-12)9-6-10(15(17,18)19)8-11(7-9)16(20,21)22/h2-8H,1H3/b3-2-. The van der Waals surface area contributed by atoms with Gasteiger partial charge >= 0.3 is 18.3 Å². The van der Waals surface area contributed by atoms with E-state index in [2.05, 4.69) is 14.7 Å². The lowest BCUT2D eigenvalue weighted by Crippen LogP contribution is -2.11. The summed E-state index contributed by atoms with van der Waals surface area (Å²) in [5.41, 5.74) is -3.30. The molecule has 0 saturated carbocycles. The van der Waals surface area contributed by atoms with Gasteiger partial charge in [-0.15, -0.1) is 0 Å². The van der Waals surface area contributed by atoms with Crippen LogP contribution in [0.25, 0.3) is 17.5 Å². The van der Waals surface area contributed by atoms with Crippen molar-refractivity contribution in [1.82, 2.24) is 9.97 Å². The second-order valence-electron chi connectivity index (χ2n) is 4.96. The van der Waals surface area contributed by atoms with E-state index in [0.29, 0.717) is 12.1 Å². The summed E-state index contributed by atoms with van der Waals surface area (Å²) in [5.74, 6) is -1.06. The van der Waals surface area contributed by atoms with Crippen molar-refractivity contribution in [1.29, 1.82) is 0 Å². The predicted octanol–water partition coefficient (Wildman–Crippen LogP) is 4.37. The molecule has 0 fully saturated rings. The van der Waals surface area contributed by atoms with E-state index in [9.17, 15) is 31.1 Å². The Hall–Kier alpha value is -2.91. The third-order valence-electron chi connectivity index (χ3n) is 3.11. The third kappa shape index (κ3) is 4.80. The second kappa shape index (κ2) is 7.14. The van der Waals surface area contributed by atoms with Gasteiger partial charge in [0.2, 0.25) is 0 Å². The van der Waals surface area contributed by atoms with Crippen LogP contribution < -0.4 is 0 Å². The summed E-state index contributed by atoms with van der Waals surface area (Å²) in [7, 11) is 1.14. The lowest BCUT2D eigenvalue weighted by Gasteiger charge is -2.13. The van der Waals surface area contributed by atoms with Gasteiger partial charge < -0.3 is 4.74 Å². The molecule has 0 aliphatic rings. The number of ether oxygens (including phenoxy) is 1. The first-order valence-corrected chi connectivity index (χ1v) is 6.89. The van der Waals surface area contributed by atoms with Crippen LogP contribution >= 0.6 is 0 Å². The maximum absolute atomic E-state index is 12.9. The molecule has 138 valence electrons. The number of benzene rings is 1. The fraction of sp³-hybridized carbons (Fsp3) is 0.188. The maximum Gasteiger partial charge on any atom is 0.416 e. The zero-order valence-electron chi connectivity index (χ0n) is 13.0. The number of nitrogens with zero attached hydrogens (tertiary/aromatic N) is 2.